The van der Waals surface area contributed by atoms with E-state index in [0.29, 0.717) is 23.2 Å². The summed E-state index contributed by atoms with van der Waals surface area (Å²) in [5.74, 6) is -0.365. The van der Waals surface area contributed by atoms with Gasteiger partial charge in [-0.1, -0.05) is 30.9 Å². The van der Waals surface area contributed by atoms with E-state index in [4.69, 9.17) is 21.4 Å². The number of benzene rings is 1. The van der Waals surface area contributed by atoms with Crippen LogP contribution in [0.1, 0.15) is 44.1 Å². The molecule has 1 saturated carbocycles. The number of hydrogen-bond acceptors (Lipinski definition) is 3. The van der Waals surface area contributed by atoms with E-state index in [1.807, 2.05) is 0 Å². The third kappa shape index (κ3) is 4.46. The summed E-state index contributed by atoms with van der Waals surface area (Å²) >= 11 is 6.27. The number of carboxylic acids is 1. The van der Waals surface area contributed by atoms with E-state index in [1.54, 1.807) is 18.2 Å². The Morgan fingerprint density at radius 2 is 2.00 bits per heavy atom. The summed E-state index contributed by atoms with van der Waals surface area (Å²) in [5, 5.41) is 9.30. The van der Waals surface area contributed by atoms with Gasteiger partial charge in [-0.3, -0.25) is 4.79 Å². The Hall–Kier alpha value is -1.75. The predicted molar refractivity (Wildman–Crippen MR) is 95.0 cm³/mol. The minimum atomic E-state index is -1.02. The molecule has 0 aromatic heterocycles. The van der Waals surface area contributed by atoms with Gasteiger partial charge in [0.05, 0.1) is 0 Å². The number of hydrogen-bond donors (Lipinski definition) is 1. The minimum Gasteiger partial charge on any atom is -0.482 e. The smallest absolute Gasteiger partial charge is 0.341 e. The van der Waals surface area contributed by atoms with Crippen molar-refractivity contribution >= 4 is 23.5 Å². The molecule has 1 aromatic carbocycles. The lowest BCUT2D eigenvalue weighted by Crippen LogP contribution is -2.39. The van der Waals surface area contributed by atoms with Crippen LogP contribution in [0, 0.1) is 5.92 Å². The van der Waals surface area contributed by atoms with E-state index in [1.165, 1.54) is 19.3 Å². The number of amides is 1. The third-order valence-electron chi connectivity index (χ3n) is 5.21. The molecule has 5 nitrogen and oxygen atoms in total. The van der Waals surface area contributed by atoms with E-state index >= 15 is 0 Å². The Morgan fingerprint density at radius 3 is 2.72 bits per heavy atom. The summed E-state index contributed by atoms with van der Waals surface area (Å²) in [7, 11) is 0. The number of rotatable bonds is 6. The molecule has 3 rings (SSSR count). The van der Waals surface area contributed by atoms with Crippen LogP contribution >= 0.6 is 11.6 Å². The van der Waals surface area contributed by atoms with Crippen LogP contribution in [-0.4, -0.2) is 41.1 Å². The first-order valence-corrected chi connectivity index (χ1v) is 9.36. The minimum absolute atomic E-state index is 0.0471. The number of ether oxygens (including phenoxy) is 1. The van der Waals surface area contributed by atoms with E-state index < -0.39 is 5.97 Å². The average Bonchev–Trinajstić information content (AvgIpc) is 2.97. The molecule has 0 spiro atoms. The topological polar surface area (TPSA) is 66.8 Å². The summed E-state index contributed by atoms with van der Waals surface area (Å²) in [4.78, 5) is 25.5. The maximum absolute atomic E-state index is 12.8. The Bertz CT molecular complexity index is 642. The van der Waals surface area contributed by atoms with E-state index in [2.05, 4.69) is 4.90 Å². The van der Waals surface area contributed by atoms with Gasteiger partial charge in [0.15, 0.2) is 6.61 Å². The van der Waals surface area contributed by atoms with Crippen molar-refractivity contribution in [2.75, 3.05) is 13.2 Å². The van der Waals surface area contributed by atoms with Crippen molar-refractivity contribution in [1.82, 2.24) is 4.90 Å². The maximum Gasteiger partial charge on any atom is 0.341 e. The van der Waals surface area contributed by atoms with E-state index in [-0.39, 0.29) is 18.4 Å². The number of carboxylic acid groups (broad SMARTS) is 1. The Balaban J connectivity index is 1.64. The second-order valence-corrected chi connectivity index (χ2v) is 7.36. The number of carbonyl (C=O) groups is 2. The molecule has 136 valence electrons. The molecular weight excluding hydrogens is 342 g/mol. The van der Waals surface area contributed by atoms with Crippen LogP contribution in [-0.2, 0) is 16.0 Å². The molecule has 6 heteroatoms. The van der Waals surface area contributed by atoms with Crippen molar-refractivity contribution in [1.29, 1.82) is 0 Å². The highest BCUT2D eigenvalue weighted by atomic mass is 35.5. The number of nitrogens with zero attached hydrogens (tertiary/aromatic N) is 1. The van der Waals surface area contributed by atoms with Crippen LogP contribution in [0.4, 0.5) is 0 Å². The third-order valence-corrected chi connectivity index (χ3v) is 5.58. The highest BCUT2D eigenvalue weighted by Crippen LogP contribution is 2.32. The van der Waals surface area contributed by atoms with Gasteiger partial charge in [-0.15, -0.1) is 0 Å². The molecule has 1 N–H and O–H groups in total. The normalized spacial score (nSPS) is 21.6. The van der Waals surface area contributed by atoms with Gasteiger partial charge in [-0.05, 0) is 49.4 Å². The quantitative estimate of drug-likeness (QED) is 0.837. The molecule has 0 bridgehead atoms. The second kappa shape index (κ2) is 8.09. The lowest BCUT2D eigenvalue weighted by atomic mass is 9.94. The zero-order chi connectivity index (χ0) is 17.8. The molecule has 0 radical (unpaired) electrons. The number of aliphatic carboxylic acids is 1. The van der Waals surface area contributed by atoms with Crippen molar-refractivity contribution in [3.8, 4) is 5.75 Å². The molecule has 1 atom stereocenters. The Kier molecular flexibility index (Phi) is 5.84. The van der Waals surface area contributed by atoms with Crippen LogP contribution in [0.3, 0.4) is 0 Å². The van der Waals surface area contributed by atoms with Gasteiger partial charge in [0.1, 0.15) is 5.75 Å². The molecule has 1 saturated heterocycles. The SMILES string of the molecule is O=C(O)COc1ccc(Cl)c(CC2CCN(C3CCCCC3)C2=O)c1. The van der Waals surface area contributed by atoms with Crippen LogP contribution < -0.4 is 4.74 Å². The lowest BCUT2D eigenvalue weighted by molar-refractivity contribution is -0.139. The monoisotopic (exact) mass is 365 g/mol. The van der Waals surface area contributed by atoms with Gasteiger partial charge >= 0.3 is 5.97 Å². The van der Waals surface area contributed by atoms with Gasteiger partial charge < -0.3 is 14.7 Å². The first-order valence-electron chi connectivity index (χ1n) is 8.98. The van der Waals surface area contributed by atoms with Crippen LogP contribution in [0.15, 0.2) is 18.2 Å². The standard InChI is InChI=1S/C19H24ClNO4/c20-17-7-6-16(25-12-18(22)23)11-14(17)10-13-8-9-21(19(13)24)15-4-2-1-3-5-15/h6-7,11,13,15H,1-5,8-10,12H2,(H,22,23). The Labute approximate surface area is 152 Å². The van der Waals surface area contributed by atoms with E-state index in [0.717, 1.165) is 31.4 Å². The highest BCUT2D eigenvalue weighted by Gasteiger charge is 2.36. The zero-order valence-corrected chi connectivity index (χ0v) is 15.0. The molecule has 2 fully saturated rings. The molecule has 1 unspecified atom stereocenters. The summed E-state index contributed by atoms with van der Waals surface area (Å²) in [6, 6.07) is 5.51. The van der Waals surface area contributed by atoms with E-state index in [9.17, 15) is 9.59 Å². The summed E-state index contributed by atoms with van der Waals surface area (Å²) in [6.45, 7) is 0.444. The second-order valence-electron chi connectivity index (χ2n) is 6.95. The van der Waals surface area contributed by atoms with Gasteiger partial charge in [-0.2, -0.15) is 0 Å². The van der Waals surface area contributed by atoms with Gasteiger partial charge in [0.25, 0.3) is 0 Å². The van der Waals surface area contributed by atoms with Gasteiger partial charge in [-0.25, -0.2) is 4.79 Å². The molecule has 2 aliphatic rings. The average molecular weight is 366 g/mol. The van der Waals surface area contributed by atoms with Gasteiger partial charge in [0.2, 0.25) is 5.91 Å². The van der Waals surface area contributed by atoms with Crippen molar-refractivity contribution in [2.24, 2.45) is 5.92 Å². The zero-order valence-electron chi connectivity index (χ0n) is 14.2. The Morgan fingerprint density at radius 1 is 1.24 bits per heavy atom. The molecule has 1 aliphatic heterocycles. The lowest BCUT2D eigenvalue weighted by Gasteiger charge is -2.31. The first kappa shape index (κ1) is 18.1. The predicted octanol–water partition coefficient (Wildman–Crippen LogP) is 3.53. The van der Waals surface area contributed by atoms with Crippen molar-refractivity contribution < 1.29 is 19.4 Å². The van der Waals surface area contributed by atoms with Crippen molar-refractivity contribution in [2.45, 2.75) is 51.0 Å². The number of likely N-dealkylation sites (tertiary alicyclic amines) is 1. The van der Waals surface area contributed by atoms with Crippen LogP contribution in [0.5, 0.6) is 5.75 Å². The van der Waals surface area contributed by atoms with Crippen LogP contribution in [0.2, 0.25) is 5.02 Å². The van der Waals surface area contributed by atoms with Crippen molar-refractivity contribution in [3.05, 3.63) is 28.8 Å². The largest absolute Gasteiger partial charge is 0.482 e. The fraction of sp³-hybridized carbons (Fsp3) is 0.579. The molecule has 1 aliphatic carbocycles. The summed E-state index contributed by atoms with van der Waals surface area (Å²) < 4.78 is 5.22. The maximum atomic E-state index is 12.8. The molecular formula is C19H24ClNO4. The molecule has 25 heavy (non-hydrogen) atoms. The fourth-order valence-corrected chi connectivity index (χ4v) is 4.11. The first-order chi connectivity index (χ1) is 12.0. The molecule has 1 amide bonds. The van der Waals surface area contributed by atoms with Gasteiger partial charge in [0, 0.05) is 23.5 Å². The highest BCUT2D eigenvalue weighted by molar-refractivity contribution is 6.31. The molecule has 1 aromatic rings. The van der Waals surface area contributed by atoms with Crippen LogP contribution in [0.25, 0.3) is 0 Å². The van der Waals surface area contributed by atoms with Crippen molar-refractivity contribution in [3.63, 3.8) is 0 Å². The fourth-order valence-electron chi connectivity index (χ4n) is 3.92. The summed E-state index contributed by atoms with van der Waals surface area (Å²) in [6.07, 6.45) is 7.38. The molecule has 1 heterocycles. The number of halogens is 1. The number of carbonyl (C=O) groups excluding carboxylic acids is 1. The summed E-state index contributed by atoms with van der Waals surface area (Å²) in [5.41, 5.74) is 0.841.